The van der Waals surface area contributed by atoms with Gasteiger partial charge in [0, 0.05) is 12.2 Å². The van der Waals surface area contributed by atoms with Gasteiger partial charge in [-0.2, -0.15) is 0 Å². The van der Waals surface area contributed by atoms with Gasteiger partial charge in [0.1, 0.15) is 5.75 Å². The topological polar surface area (TPSA) is 23.5 Å². The van der Waals surface area contributed by atoms with Gasteiger partial charge in [-0.05, 0) is 59.5 Å². The van der Waals surface area contributed by atoms with E-state index in [1.807, 2.05) is 35.2 Å². The summed E-state index contributed by atoms with van der Waals surface area (Å²) in [6, 6.07) is 16.1. The number of halogens is 3. The van der Waals surface area contributed by atoms with Crippen LogP contribution in [-0.4, -0.2) is 11.7 Å². The minimum Gasteiger partial charge on any atom is -0.508 e. The van der Waals surface area contributed by atoms with Crippen molar-refractivity contribution in [2.75, 3.05) is 11.4 Å². The summed E-state index contributed by atoms with van der Waals surface area (Å²) in [7, 11) is 0. The van der Waals surface area contributed by atoms with Crippen molar-refractivity contribution in [3.05, 3.63) is 94.8 Å². The molecule has 1 heterocycles. The fraction of sp³-hybridized carbons (Fsp3) is 0.143. The van der Waals surface area contributed by atoms with Crippen LogP contribution < -0.4 is 4.90 Å². The van der Waals surface area contributed by atoms with Gasteiger partial charge in [0.25, 0.3) is 0 Å². The van der Waals surface area contributed by atoms with Crippen molar-refractivity contribution in [1.29, 1.82) is 0 Å². The van der Waals surface area contributed by atoms with Crippen molar-refractivity contribution in [2.45, 2.75) is 12.5 Å². The first-order valence-corrected chi connectivity index (χ1v) is 8.32. The Morgan fingerprint density at radius 2 is 1.58 bits per heavy atom. The summed E-state index contributed by atoms with van der Waals surface area (Å²) in [5, 5.41) is 9.77. The second kappa shape index (κ2) is 6.41. The van der Waals surface area contributed by atoms with E-state index in [9.17, 15) is 18.3 Å². The number of phenols is 1. The first kappa shape index (κ1) is 16.5. The molecule has 3 aromatic carbocycles. The van der Waals surface area contributed by atoms with Crippen LogP contribution in [0.1, 0.15) is 22.7 Å². The number of anilines is 1. The molecule has 1 aliphatic heterocycles. The Bertz CT molecular complexity index is 936. The van der Waals surface area contributed by atoms with E-state index >= 15 is 0 Å². The zero-order chi connectivity index (χ0) is 18.3. The number of para-hydroxylation sites is 1. The third-order valence-electron chi connectivity index (χ3n) is 4.76. The molecule has 0 bridgehead atoms. The highest BCUT2D eigenvalue weighted by Crippen LogP contribution is 2.39. The van der Waals surface area contributed by atoms with Crippen LogP contribution in [-0.2, 0) is 6.42 Å². The Balaban J connectivity index is 1.91. The summed E-state index contributed by atoms with van der Waals surface area (Å²) in [6.45, 7) is 0.603. The highest BCUT2D eigenvalue weighted by Gasteiger charge is 2.30. The smallest absolute Gasteiger partial charge is 0.194 e. The average molecular weight is 355 g/mol. The summed E-state index contributed by atoms with van der Waals surface area (Å²) < 4.78 is 41.2. The van der Waals surface area contributed by atoms with Gasteiger partial charge in [-0.25, -0.2) is 13.2 Å². The SMILES string of the molecule is Oc1ccc2c(c1)CCN(c1ccccc1)C2c1cc(F)c(F)c(F)c1. The van der Waals surface area contributed by atoms with E-state index in [1.54, 1.807) is 18.2 Å². The van der Waals surface area contributed by atoms with Crippen molar-refractivity contribution < 1.29 is 18.3 Å². The van der Waals surface area contributed by atoms with Gasteiger partial charge in [-0.1, -0.05) is 24.3 Å². The van der Waals surface area contributed by atoms with Gasteiger partial charge in [0.2, 0.25) is 0 Å². The Morgan fingerprint density at radius 3 is 2.27 bits per heavy atom. The number of nitrogens with zero attached hydrogens (tertiary/aromatic N) is 1. The van der Waals surface area contributed by atoms with Crippen LogP contribution >= 0.6 is 0 Å². The molecular formula is C21H16F3NO. The summed E-state index contributed by atoms with van der Waals surface area (Å²) >= 11 is 0. The van der Waals surface area contributed by atoms with Crippen LogP contribution in [0, 0.1) is 17.5 Å². The standard InChI is InChI=1S/C21H16F3NO/c22-18-11-14(12-19(23)20(18)24)21-17-7-6-16(26)10-13(17)8-9-25(21)15-4-2-1-3-5-15/h1-7,10-12,21,26H,8-9H2. The third-order valence-corrected chi connectivity index (χ3v) is 4.76. The van der Waals surface area contributed by atoms with Gasteiger partial charge in [0.05, 0.1) is 6.04 Å². The number of fused-ring (bicyclic) bond motifs is 1. The fourth-order valence-corrected chi connectivity index (χ4v) is 3.60. The lowest BCUT2D eigenvalue weighted by molar-refractivity contribution is 0.443. The van der Waals surface area contributed by atoms with Gasteiger partial charge >= 0.3 is 0 Å². The first-order chi connectivity index (χ1) is 12.5. The van der Waals surface area contributed by atoms with Crippen molar-refractivity contribution in [1.82, 2.24) is 0 Å². The molecule has 0 aliphatic carbocycles. The van der Waals surface area contributed by atoms with Gasteiger partial charge in [-0.3, -0.25) is 0 Å². The van der Waals surface area contributed by atoms with Gasteiger partial charge < -0.3 is 10.0 Å². The second-order valence-corrected chi connectivity index (χ2v) is 6.36. The Kier molecular flexibility index (Phi) is 4.07. The van der Waals surface area contributed by atoms with Crippen molar-refractivity contribution in [2.24, 2.45) is 0 Å². The van der Waals surface area contributed by atoms with Crippen molar-refractivity contribution >= 4 is 5.69 Å². The number of rotatable bonds is 2. The molecule has 4 rings (SSSR count). The molecule has 132 valence electrons. The van der Waals surface area contributed by atoms with Crippen molar-refractivity contribution in [3.63, 3.8) is 0 Å². The predicted molar refractivity (Wildman–Crippen MR) is 93.8 cm³/mol. The summed E-state index contributed by atoms with van der Waals surface area (Å²) in [6.07, 6.45) is 0.682. The molecule has 2 nitrogen and oxygen atoms in total. The molecule has 1 aliphatic rings. The van der Waals surface area contributed by atoms with E-state index in [2.05, 4.69) is 0 Å². The van der Waals surface area contributed by atoms with Crippen LogP contribution in [0.25, 0.3) is 0 Å². The molecule has 0 saturated heterocycles. The van der Waals surface area contributed by atoms with E-state index in [1.165, 1.54) is 0 Å². The molecule has 3 aromatic rings. The molecule has 0 aromatic heterocycles. The molecule has 0 fully saturated rings. The minimum absolute atomic E-state index is 0.145. The molecule has 5 heteroatoms. The number of benzene rings is 3. The van der Waals surface area contributed by atoms with E-state index in [0.717, 1.165) is 28.9 Å². The molecular weight excluding hydrogens is 339 g/mol. The van der Waals surface area contributed by atoms with E-state index in [-0.39, 0.29) is 5.75 Å². The lowest BCUT2D eigenvalue weighted by Crippen LogP contribution is -2.36. The maximum atomic E-state index is 13.9. The number of phenolic OH excluding ortho intramolecular Hbond substituents is 1. The summed E-state index contributed by atoms with van der Waals surface area (Å²) in [4.78, 5) is 2.03. The number of aromatic hydroxyl groups is 1. The average Bonchev–Trinajstić information content (AvgIpc) is 2.65. The van der Waals surface area contributed by atoms with Crippen molar-refractivity contribution in [3.8, 4) is 5.75 Å². The highest BCUT2D eigenvalue weighted by molar-refractivity contribution is 5.56. The number of hydrogen-bond acceptors (Lipinski definition) is 2. The molecule has 0 saturated carbocycles. The maximum Gasteiger partial charge on any atom is 0.194 e. The number of hydrogen-bond donors (Lipinski definition) is 1. The molecule has 1 atom stereocenters. The van der Waals surface area contributed by atoms with E-state index in [4.69, 9.17) is 0 Å². The summed E-state index contributed by atoms with van der Waals surface area (Å²) in [5.41, 5.74) is 2.98. The molecule has 0 radical (unpaired) electrons. The van der Waals surface area contributed by atoms with Crippen LogP contribution in [0.3, 0.4) is 0 Å². The van der Waals surface area contributed by atoms with Gasteiger partial charge in [-0.15, -0.1) is 0 Å². The third kappa shape index (κ3) is 2.79. The zero-order valence-corrected chi connectivity index (χ0v) is 13.8. The predicted octanol–water partition coefficient (Wildman–Crippen LogP) is 4.96. The Hall–Kier alpha value is -2.95. The fourth-order valence-electron chi connectivity index (χ4n) is 3.60. The highest BCUT2D eigenvalue weighted by atomic mass is 19.2. The lowest BCUT2D eigenvalue weighted by atomic mass is 9.87. The minimum atomic E-state index is -1.47. The zero-order valence-electron chi connectivity index (χ0n) is 13.8. The molecule has 1 N–H and O–H groups in total. The van der Waals surface area contributed by atoms with Gasteiger partial charge in [0.15, 0.2) is 17.5 Å². The first-order valence-electron chi connectivity index (χ1n) is 8.32. The Morgan fingerprint density at radius 1 is 0.885 bits per heavy atom. The second-order valence-electron chi connectivity index (χ2n) is 6.36. The quantitative estimate of drug-likeness (QED) is 0.657. The van der Waals surface area contributed by atoms with Crippen LogP contribution in [0.5, 0.6) is 5.75 Å². The van der Waals surface area contributed by atoms with E-state index < -0.39 is 23.5 Å². The van der Waals surface area contributed by atoms with E-state index in [0.29, 0.717) is 18.5 Å². The molecule has 0 spiro atoms. The monoisotopic (exact) mass is 355 g/mol. The van der Waals surface area contributed by atoms with Crippen LogP contribution in [0.2, 0.25) is 0 Å². The Labute approximate surface area is 149 Å². The lowest BCUT2D eigenvalue weighted by Gasteiger charge is -2.39. The molecule has 0 amide bonds. The van der Waals surface area contributed by atoms with Crippen LogP contribution in [0.4, 0.5) is 18.9 Å². The molecule has 1 unspecified atom stereocenters. The summed E-state index contributed by atoms with van der Waals surface area (Å²) in [5.74, 6) is -3.74. The van der Waals surface area contributed by atoms with Crippen LogP contribution in [0.15, 0.2) is 60.7 Å². The normalized spacial score (nSPS) is 16.4. The molecule has 26 heavy (non-hydrogen) atoms. The maximum absolute atomic E-state index is 13.9. The largest absolute Gasteiger partial charge is 0.508 e.